The topological polar surface area (TPSA) is 44.4 Å². The van der Waals surface area contributed by atoms with E-state index in [9.17, 15) is 4.79 Å². The van der Waals surface area contributed by atoms with Crippen LogP contribution in [0.2, 0.25) is 0 Å². The summed E-state index contributed by atoms with van der Waals surface area (Å²) in [4.78, 5) is 11.2. The molecule has 4 nitrogen and oxygen atoms in total. The standard InChI is InChI=1S/C13H17N3O/c17-13-5-7-16(15-13)12-3-1-2-10(8-12)11-4-6-14-9-11/h1-3,8,11,14H,4-7,9H2,(H,15,17). The summed E-state index contributed by atoms with van der Waals surface area (Å²) in [5.41, 5.74) is 5.33. The lowest BCUT2D eigenvalue weighted by Crippen LogP contribution is -2.32. The molecule has 0 spiro atoms. The highest BCUT2D eigenvalue weighted by molar-refractivity contribution is 5.81. The fraction of sp³-hybridized carbons (Fsp3) is 0.462. The molecule has 90 valence electrons. The molecular formula is C13H17N3O. The summed E-state index contributed by atoms with van der Waals surface area (Å²) in [5.74, 6) is 0.728. The van der Waals surface area contributed by atoms with Crippen LogP contribution in [0.4, 0.5) is 5.69 Å². The van der Waals surface area contributed by atoms with E-state index in [2.05, 4.69) is 35.0 Å². The van der Waals surface area contributed by atoms with Gasteiger partial charge in [0, 0.05) is 19.5 Å². The molecule has 1 amide bonds. The number of benzene rings is 1. The van der Waals surface area contributed by atoms with Crippen LogP contribution in [0.5, 0.6) is 0 Å². The van der Waals surface area contributed by atoms with Crippen molar-refractivity contribution in [2.75, 3.05) is 24.6 Å². The van der Waals surface area contributed by atoms with Gasteiger partial charge >= 0.3 is 0 Å². The first kappa shape index (κ1) is 10.6. The number of hydrogen-bond donors (Lipinski definition) is 2. The number of amides is 1. The van der Waals surface area contributed by atoms with E-state index in [0.29, 0.717) is 12.3 Å². The number of nitrogens with one attached hydrogen (secondary N) is 2. The van der Waals surface area contributed by atoms with Gasteiger partial charge in [0.15, 0.2) is 0 Å². The van der Waals surface area contributed by atoms with Crippen LogP contribution in [0.15, 0.2) is 24.3 Å². The van der Waals surface area contributed by atoms with Gasteiger partial charge in [-0.1, -0.05) is 12.1 Å². The molecular weight excluding hydrogens is 214 g/mol. The highest BCUT2D eigenvalue weighted by Gasteiger charge is 2.21. The number of carbonyl (C=O) groups excluding carboxylic acids is 1. The van der Waals surface area contributed by atoms with Crippen LogP contribution < -0.4 is 15.8 Å². The molecule has 0 saturated carbocycles. The lowest BCUT2D eigenvalue weighted by Gasteiger charge is -2.19. The monoisotopic (exact) mass is 231 g/mol. The van der Waals surface area contributed by atoms with Gasteiger partial charge in [-0.25, -0.2) is 0 Å². The number of carbonyl (C=O) groups is 1. The first-order valence-corrected chi connectivity index (χ1v) is 6.20. The van der Waals surface area contributed by atoms with Gasteiger partial charge in [0.25, 0.3) is 0 Å². The van der Waals surface area contributed by atoms with Crippen molar-refractivity contribution in [3.05, 3.63) is 29.8 Å². The van der Waals surface area contributed by atoms with Gasteiger partial charge in [-0.05, 0) is 36.6 Å². The van der Waals surface area contributed by atoms with Crippen molar-refractivity contribution in [1.29, 1.82) is 0 Å². The quantitative estimate of drug-likeness (QED) is 0.798. The summed E-state index contributed by atoms with van der Waals surface area (Å²) in [6, 6.07) is 8.51. The molecule has 2 saturated heterocycles. The molecule has 1 unspecified atom stereocenters. The van der Waals surface area contributed by atoms with E-state index in [0.717, 1.165) is 25.3 Å². The number of hydrazine groups is 1. The molecule has 0 aliphatic carbocycles. The molecule has 4 heteroatoms. The van der Waals surface area contributed by atoms with Crippen molar-refractivity contribution in [3.8, 4) is 0 Å². The summed E-state index contributed by atoms with van der Waals surface area (Å²) in [6.45, 7) is 2.94. The maximum Gasteiger partial charge on any atom is 0.240 e. The average Bonchev–Trinajstić information content (AvgIpc) is 3.00. The van der Waals surface area contributed by atoms with Crippen LogP contribution in [-0.2, 0) is 4.79 Å². The molecule has 1 atom stereocenters. The molecule has 3 rings (SSSR count). The molecule has 0 bridgehead atoms. The summed E-state index contributed by atoms with van der Waals surface area (Å²) in [5, 5.41) is 5.32. The Bertz CT molecular complexity index is 426. The Hall–Kier alpha value is -1.55. The molecule has 2 fully saturated rings. The van der Waals surface area contributed by atoms with Crippen LogP contribution in [0.25, 0.3) is 0 Å². The zero-order valence-electron chi connectivity index (χ0n) is 9.78. The third-order valence-electron chi connectivity index (χ3n) is 3.54. The smallest absolute Gasteiger partial charge is 0.240 e. The SMILES string of the molecule is O=C1CCN(c2cccc(C3CCNC3)c2)N1. The van der Waals surface area contributed by atoms with Gasteiger partial charge in [0.2, 0.25) is 5.91 Å². The van der Waals surface area contributed by atoms with Crippen molar-refractivity contribution in [1.82, 2.24) is 10.7 Å². The second-order valence-electron chi connectivity index (χ2n) is 4.72. The minimum Gasteiger partial charge on any atom is -0.316 e. The fourth-order valence-electron chi connectivity index (χ4n) is 2.56. The molecule has 0 aromatic heterocycles. The Kier molecular flexibility index (Phi) is 2.73. The maximum absolute atomic E-state index is 11.2. The maximum atomic E-state index is 11.2. The first-order chi connectivity index (χ1) is 8.33. The van der Waals surface area contributed by atoms with E-state index in [1.54, 1.807) is 0 Å². The van der Waals surface area contributed by atoms with Crippen molar-refractivity contribution in [2.45, 2.75) is 18.8 Å². The van der Waals surface area contributed by atoms with Crippen molar-refractivity contribution < 1.29 is 4.79 Å². The molecule has 0 radical (unpaired) electrons. The largest absolute Gasteiger partial charge is 0.316 e. The highest BCUT2D eigenvalue weighted by Crippen LogP contribution is 2.26. The molecule has 2 aliphatic rings. The van der Waals surface area contributed by atoms with Gasteiger partial charge in [0.1, 0.15) is 0 Å². The first-order valence-electron chi connectivity index (χ1n) is 6.20. The Morgan fingerprint density at radius 2 is 2.29 bits per heavy atom. The van der Waals surface area contributed by atoms with E-state index in [1.807, 2.05) is 5.01 Å². The van der Waals surface area contributed by atoms with Crippen molar-refractivity contribution >= 4 is 11.6 Å². The van der Waals surface area contributed by atoms with E-state index in [1.165, 1.54) is 12.0 Å². The lowest BCUT2D eigenvalue weighted by molar-refractivity contribution is -0.119. The van der Waals surface area contributed by atoms with Gasteiger partial charge in [0.05, 0.1) is 5.69 Å². The van der Waals surface area contributed by atoms with E-state index < -0.39 is 0 Å². The molecule has 17 heavy (non-hydrogen) atoms. The van der Waals surface area contributed by atoms with Crippen LogP contribution in [-0.4, -0.2) is 25.5 Å². The van der Waals surface area contributed by atoms with Crippen LogP contribution in [0, 0.1) is 0 Å². The Morgan fingerprint density at radius 3 is 3.00 bits per heavy atom. The highest BCUT2D eigenvalue weighted by atomic mass is 16.2. The average molecular weight is 231 g/mol. The minimum atomic E-state index is 0.109. The molecule has 2 heterocycles. The zero-order valence-corrected chi connectivity index (χ0v) is 9.78. The third kappa shape index (κ3) is 2.13. The minimum absolute atomic E-state index is 0.109. The summed E-state index contributed by atoms with van der Waals surface area (Å²) < 4.78 is 0. The second-order valence-corrected chi connectivity index (χ2v) is 4.72. The second kappa shape index (κ2) is 4.37. The fourth-order valence-corrected chi connectivity index (χ4v) is 2.56. The van der Waals surface area contributed by atoms with E-state index >= 15 is 0 Å². The number of rotatable bonds is 2. The lowest BCUT2D eigenvalue weighted by atomic mass is 9.98. The summed E-state index contributed by atoms with van der Waals surface area (Å²) >= 11 is 0. The summed E-state index contributed by atoms with van der Waals surface area (Å²) in [7, 11) is 0. The molecule has 2 N–H and O–H groups in total. The van der Waals surface area contributed by atoms with E-state index in [-0.39, 0.29) is 5.91 Å². The zero-order chi connectivity index (χ0) is 11.7. The normalized spacial score (nSPS) is 24.1. The molecule has 1 aromatic rings. The number of hydrogen-bond acceptors (Lipinski definition) is 3. The predicted molar refractivity (Wildman–Crippen MR) is 66.8 cm³/mol. The van der Waals surface area contributed by atoms with Crippen LogP contribution >= 0.6 is 0 Å². The number of nitrogens with zero attached hydrogens (tertiary/aromatic N) is 1. The predicted octanol–water partition coefficient (Wildman–Crippen LogP) is 1.00. The van der Waals surface area contributed by atoms with E-state index in [4.69, 9.17) is 0 Å². The Balaban J connectivity index is 1.81. The van der Waals surface area contributed by atoms with Crippen molar-refractivity contribution in [2.24, 2.45) is 0 Å². The van der Waals surface area contributed by atoms with Gasteiger partial charge in [-0.3, -0.25) is 15.2 Å². The van der Waals surface area contributed by atoms with Gasteiger partial charge in [-0.15, -0.1) is 0 Å². The Morgan fingerprint density at radius 1 is 1.35 bits per heavy atom. The van der Waals surface area contributed by atoms with Crippen molar-refractivity contribution in [3.63, 3.8) is 0 Å². The number of anilines is 1. The van der Waals surface area contributed by atoms with Gasteiger partial charge < -0.3 is 5.32 Å². The molecule has 1 aromatic carbocycles. The Labute approximate surface area is 101 Å². The van der Waals surface area contributed by atoms with Crippen LogP contribution in [0.3, 0.4) is 0 Å². The third-order valence-corrected chi connectivity index (χ3v) is 3.54. The van der Waals surface area contributed by atoms with Gasteiger partial charge in [-0.2, -0.15) is 0 Å². The molecule has 2 aliphatic heterocycles. The van der Waals surface area contributed by atoms with Crippen LogP contribution in [0.1, 0.15) is 24.3 Å². The summed E-state index contributed by atoms with van der Waals surface area (Å²) in [6.07, 6.45) is 1.80.